The Labute approximate surface area is 229 Å². The van der Waals surface area contributed by atoms with Gasteiger partial charge in [-0.15, -0.1) is 0 Å². The smallest absolute Gasteiger partial charge is 0.241 e. The first kappa shape index (κ1) is 30.2. The van der Waals surface area contributed by atoms with Crippen LogP contribution in [-0.2, 0) is 27.8 Å². The lowest BCUT2D eigenvalue weighted by Gasteiger charge is -2.29. The summed E-state index contributed by atoms with van der Waals surface area (Å²) in [6.07, 6.45) is -0.710. The van der Waals surface area contributed by atoms with Crippen LogP contribution in [0.25, 0.3) is 0 Å². The molecule has 10 heteroatoms. The number of ether oxygens (including phenoxy) is 1. The van der Waals surface area contributed by atoms with Crippen LogP contribution in [0.5, 0.6) is 5.75 Å². The Bertz CT molecular complexity index is 1320. The number of nitrogens with one attached hydrogen (secondary N) is 3. The summed E-state index contributed by atoms with van der Waals surface area (Å²) < 4.78 is 46.5. The number of sulfonamides is 1. The van der Waals surface area contributed by atoms with Crippen LogP contribution >= 0.6 is 0 Å². The standard InChI is InChI=1S/C29H36FN3O5S/c1-29(2,33-39(36,37)25-14-12-23(30)13-15-25)18-28(35)32-26(17-21-8-5-4-6-9-21)27(34)20-31-19-22-10-7-11-24(16-22)38-3/h4-16,26-27,31,33-34H,17-20H2,1-3H3,(H,32,35)/t26-,27-/m0/s1. The van der Waals surface area contributed by atoms with Gasteiger partial charge in [0.25, 0.3) is 0 Å². The lowest BCUT2D eigenvalue weighted by Crippen LogP contribution is -2.52. The number of hydrogen-bond donors (Lipinski definition) is 4. The van der Waals surface area contributed by atoms with Gasteiger partial charge in [0.1, 0.15) is 11.6 Å². The Hall–Kier alpha value is -3.31. The van der Waals surface area contributed by atoms with Gasteiger partial charge in [-0.25, -0.2) is 17.5 Å². The third kappa shape index (κ3) is 9.74. The average molecular weight is 558 g/mol. The van der Waals surface area contributed by atoms with Crippen molar-refractivity contribution in [1.29, 1.82) is 0 Å². The van der Waals surface area contributed by atoms with Gasteiger partial charge in [0, 0.05) is 25.0 Å². The third-order valence-corrected chi connectivity index (χ3v) is 7.78. The average Bonchev–Trinajstić information content (AvgIpc) is 2.88. The molecule has 3 rings (SSSR count). The first-order valence-corrected chi connectivity index (χ1v) is 14.1. The number of rotatable bonds is 14. The number of carbonyl (C=O) groups excluding carboxylic acids is 1. The van der Waals surface area contributed by atoms with Crippen LogP contribution in [-0.4, -0.2) is 50.8 Å². The van der Waals surface area contributed by atoms with Crippen LogP contribution in [0.15, 0.2) is 83.8 Å². The molecule has 0 saturated carbocycles. The number of aliphatic hydroxyl groups is 1. The molecule has 1 amide bonds. The van der Waals surface area contributed by atoms with Crippen molar-refractivity contribution in [1.82, 2.24) is 15.4 Å². The predicted octanol–water partition coefficient (Wildman–Crippen LogP) is 3.16. The summed E-state index contributed by atoms with van der Waals surface area (Å²) in [5, 5.41) is 17.1. The molecule has 0 heterocycles. The first-order valence-electron chi connectivity index (χ1n) is 12.6. The minimum Gasteiger partial charge on any atom is -0.497 e. The lowest BCUT2D eigenvalue weighted by atomic mass is 9.98. The molecule has 4 N–H and O–H groups in total. The van der Waals surface area contributed by atoms with E-state index in [4.69, 9.17) is 4.74 Å². The van der Waals surface area contributed by atoms with Crippen molar-refractivity contribution in [2.24, 2.45) is 0 Å². The van der Waals surface area contributed by atoms with Gasteiger partial charge in [0.05, 0.1) is 24.2 Å². The normalized spacial score (nSPS) is 13.5. The zero-order valence-electron chi connectivity index (χ0n) is 22.4. The van der Waals surface area contributed by atoms with E-state index in [2.05, 4.69) is 15.4 Å². The molecule has 0 radical (unpaired) electrons. The van der Waals surface area contributed by atoms with Crippen LogP contribution in [0.3, 0.4) is 0 Å². The van der Waals surface area contributed by atoms with E-state index in [-0.39, 0.29) is 17.9 Å². The molecule has 0 aliphatic carbocycles. The SMILES string of the molecule is COc1cccc(CNC[C@H](O)[C@H](Cc2ccccc2)NC(=O)CC(C)(C)NS(=O)(=O)c2ccc(F)cc2)c1. The molecular weight excluding hydrogens is 521 g/mol. The molecule has 0 aliphatic rings. The maximum atomic E-state index is 13.2. The number of hydrogen-bond acceptors (Lipinski definition) is 6. The Balaban J connectivity index is 1.64. The fourth-order valence-electron chi connectivity index (χ4n) is 4.17. The summed E-state index contributed by atoms with van der Waals surface area (Å²) in [4.78, 5) is 13.0. The molecule has 0 unspecified atom stereocenters. The molecule has 0 spiro atoms. The van der Waals surface area contributed by atoms with Gasteiger partial charge in [-0.3, -0.25) is 4.79 Å². The van der Waals surface area contributed by atoms with Gasteiger partial charge in [0.15, 0.2) is 0 Å². The van der Waals surface area contributed by atoms with E-state index in [1.165, 1.54) is 12.1 Å². The minimum atomic E-state index is -3.98. The maximum Gasteiger partial charge on any atom is 0.241 e. The predicted molar refractivity (Wildman–Crippen MR) is 148 cm³/mol. The van der Waals surface area contributed by atoms with Crippen LogP contribution in [0.1, 0.15) is 31.4 Å². The Morgan fingerprint density at radius 3 is 2.33 bits per heavy atom. The minimum absolute atomic E-state index is 0.100. The Kier molecular flexibility index (Phi) is 10.6. The second-order valence-electron chi connectivity index (χ2n) is 10.0. The topological polar surface area (TPSA) is 117 Å². The van der Waals surface area contributed by atoms with Crippen molar-refractivity contribution in [3.63, 3.8) is 0 Å². The van der Waals surface area contributed by atoms with Gasteiger partial charge < -0.3 is 20.5 Å². The van der Waals surface area contributed by atoms with E-state index in [0.29, 0.717) is 13.0 Å². The summed E-state index contributed by atoms with van der Waals surface area (Å²) in [6, 6.07) is 20.9. The highest BCUT2D eigenvalue weighted by atomic mass is 32.2. The highest BCUT2D eigenvalue weighted by Crippen LogP contribution is 2.17. The molecule has 0 saturated heterocycles. The first-order chi connectivity index (χ1) is 18.5. The Morgan fingerprint density at radius 2 is 1.67 bits per heavy atom. The maximum absolute atomic E-state index is 13.2. The lowest BCUT2D eigenvalue weighted by molar-refractivity contribution is -0.123. The molecule has 39 heavy (non-hydrogen) atoms. The van der Waals surface area contributed by atoms with Gasteiger partial charge in [-0.1, -0.05) is 42.5 Å². The van der Waals surface area contributed by atoms with Crippen molar-refractivity contribution >= 4 is 15.9 Å². The van der Waals surface area contributed by atoms with Crippen molar-refractivity contribution in [2.75, 3.05) is 13.7 Å². The van der Waals surface area contributed by atoms with Crippen molar-refractivity contribution in [2.45, 2.75) is 55.8 Å². The van der Waals surface area contributed by atoms with Crippen molar-refractivity contribution < 1.29 is 27.4 Å². The second kappa shape index (κ2) is 13.7. The van der Waals surface area contributed by atoms with E-state index in [1.807, 2.05) is 54.6 Å². The summed E-state index contributed by atoms with van der Waals surface area (Å²) >= 11 is 0. The zero-order valence-corrected chi connectivity index (χ0v) is 23.2. The van der Waals surface area contributed by atoms with Crippen molar-refractivity contribution in [3.05, 3.63) is 95.8 Å². The summed E-state index contributed by atoms with van der Waals surface area (Å²) in [6.45, 7) is 3.89. The second-order valence-corrected chi connectivity index (χ2v) is 11.7. The molecule has 0 fully saturated rings. The van der Waals surface area contributed by atoms with E-state index in [0.717, 1.165) is 29.0 Å². The van der Waals surface area contributed by atoms with E-state index in [1.54, 1.807) is 21.0 Å². The van der Waals surface area contributed by atoms with Gasteiger partial charge in [-0.2, -0.15) is 0 Å². The van der Waals surface area contributed by atoms with Gasteiger partial charge in [0.2, 0.25) is 15.9 Å². The van der Waals surface area contributed by atoms with Crippen LogP contribution in [0, 0.1) is 5.82 Å². The molecule has 0 aliphatic heterocycles. The molecule has 8 nitrogen and oxygen atoms in total. The third-order valence-electron chi connectivity index (χ3n) is 6.06. The fraction of sp³-hybridized carbons (Fsp3) is 0.345. The molecular formula is C29H36FN3O5S. The van der Waals surface area contributed by atoms with Crippen molar-refractivity contribution in [3.8, 4) is 5.75 Å². The number of aliphatic hydroxyl groups excluding tert-OH is 1. The van der Waals surface area contributed by atoms with Gasteiger partial charge >= 0.3 is 0 Å². The van der Waals surface area contributed by atoms with Crippen LogP contribution in [0.2, 0.25) is 0 Å². The molecule has 210 valence electrons. The number of benzene rings is 3. The zero-order chi connectivity index (χ0) is 28.5. The molecule has 3 aromatic carbocycles. The fourth-order valence-corrected chi connectivity index (χ4v) is 5.58. The molecule has 0 aromatic heterocycles. The quantitative estimate of drug-likeness (QED) is 0.242. The van der Waals surface area contributed by atoms with E-state index >= 15 is 0 Å². The number of halogens is 1. The molecule has 2 atom stereocenters. The monoisotopic (exact) mass is 557 g/mol. The Morgan fingerprint density at radius 1 is 1.00 bits per heavy atom. The highest BCUT2D eigenvalue weighted by Gasteiger charge is 2.30. The van der Waals surface area contributed by atoms with Gasteiger partial charge in [-0.05, 0) is 67.8 Å². The van der Waals surface area contributed by atoms with Crippen LogP contribution < -0.4 is 20.1 Å². The number of methoxy groups -OCH3 is 1. The number of carbonyl (C=O) groups is 1. The summed E-state index contributed by atoms with van der Waals surface area (Å²) in [5.41, 5.74) is 0.774. The summed E-state index contributed by atoms with van der Waals surface area (Å²) in [7, 11) is -2.38. The number of amides is 1. The van der Waals surface area contributed by atoms with E-state index < -0.39 is 39.4 Å². The highest BCUT2D eigenvalue weighted by molar-refractivity contribution is 7.89. The molecule has 3 aromatic rings. The summed E-state index contributed by atoms with van der Waals surface area (Å²) in [5.74, 6) is -0.232. The van der Waals surface area contributed by atoms with Crippen LogP contribution in [0.4, 0.5) is 4.39 Å². The van der Waals surface area contributed by atoms with E-state index in [9.17, 15) is 22.7 Å². The molecule has 0 bridgehead atoms. The largest absolute Gasteiger partial charge is 0.497 e.